The van der Waals surface area contributed by atoms with Crippen molar-refractivity contribution in [2.75, 3.05) is 5.75 Å². The van der Waals surface area contributed by atoms with Crippen LogP contribution >= 0.6 is 11.8 Å². The Morgan fingerprint density at radius 2 is 1.70 bits per heavy atom. The Kier molecular flexibility index (Phi) is 10.1. The molecule has 0 bridgehead atoms. The fourth-order valence-electron chi connectivity index (χ4n) is 3.78. The standard InChI is InChI=1S/C31H31F3N6OSSi/c1-22-8-6-9-23(2)28(22)37-30(42-18-7-19-43(3,4)5)38-36-20-24-10-12-25(13-11-24)29-35-21-40(39-29)26-14-16-27(17-15-26)41-31(32,33)34/h6,8-17,20-21H,18H2,1-5H3,(H,37,38)/b36-20+. The van der Waals surface area contributed by atoms with Gasteiger partial charge in [0.15, 0.2) is 11.0 Å². The first-order chi connectivity index (χ1) is 20.4. The number of benzene rings is 3. The molecule has 0 atom stereocenters. The smallest absolute Gasteiger partial charge is 0.406 e. The van der Waals surface area contributed by atoms with Crippen LogP contribution in [0.1, 0.15) is 16.7 Å². The SMILES string of the molecule is Cc1cccc(C)c1/N=C(/N/N=C/c1ccc(-c2ncn(-c3ccc(OC(F)(F)F)cc3)n2)cc1)SCC#C[Si](C)(C)C. The van der Waals surface area contributed by atoms with Crippen LogP contribution in [0.3, 0.4) is 0 Å². The predicted molar refractivity (Wildman–Crippen MR) is 171 cm³/mol. The molecule has 12 heteroatoms. The van der Waals surface area contributed by atoms with Gasteiger partial charge in [-0.3, -0.25) is 5.43 Å². The molecule has 4 aromatic rings. The predicted octanol–water partition coefficient (Wildman–Crippen LogP) is 7.67. The molecule has 0 unspecified atom stereocenters. The third-order valence-electron chi connectivity index (χ3n) is 5.77. The van der Waals surface area contributed by atoms with Gasteiger partial charge in [-0.15, -0.1) is 23.8 Å². The largest absolute Gasteiger partial charge is 0.573 e. The van der Waals surface area contributed by atoms with Gasteiger partial charge in [-0.05, 0) is 54.8 Å². The Balaban J connectivity index is 1.43. The van der Waals surface area contributed by atoms with Gasteiger partial charge in [-0.2, -0.15) is 5.10 Å². The minimum absolute atomic E-state index is 0.304. The Morgan fingerprint density at radius 3 is 2.33 bits per heavy atom. The average molecular weight is 621 g/mol. The molecule has 0 amide bonds. The molecule has 1 aromatic heterocycles. The Morgan fingerprint density at radius 1 is 1.02 bits per heavy atom. The minimum Gasteiger partial charge on any atom is -0.406 e. The van der Waals surface area contributed by atoms with E-state index in [4.69, 9.17) is 4.99 Å². The van der Waals surface area contributed by atoms with E-state index in [-0.39, 0.29) is 5.75 Å². The quantitative estimate of drug-likeness (QED) is 0.0754. The first-order valence-electron chi connectivity index (χ1n) is 13.3. The highest BCUT2D eigenvalue weighted by Gasteiger charge is 2.31. The second-order valence-electron chi connectivity index (χ2n) is 10.5. The summed E-state index contributed by atoms with van der Waals surface area (Å²) < 4.78 is 42.6. The third-order valence-corrected chi connectivity index (χ3v) is 7.44. The van der Waals surface area contributed by atoms with Crippen LogP contribution in [0.5, 0.6) is 5.75 Å². The van der Waals surface area contributed by atoms with Crippen molar-refractivity contribution in [2.24, 2.45) is 10.1 Å². The van der Waals surface area contributed by atoms with Gasteiger partial charge in [0.2, 0.25) is 0 Å². The maximum atomic E-state index is 12.4. The number of nitrogens with zero attached hydrogens (tertiary/aromatic N) is 5. The summed E-state index contributed by atoms with van der Waals surface area (Å²) >= 11 is 1.51. The van der Waals surface area contributed by atoms with E-state index in [1.54, 1.807) is 6.21 Å². The van der Waals surface area contributed by atoms with Crippen molar-refractivity contribution >= 4 is 36.9 Å². The summed E-state index contributed by atoms with van der Waals surface area (Å²) in [4.78, 5) is 9.18. The number of rotatable bonds is 7. The Labute approximate surface area is 254 Å². The molecule has 43 heavy (non-hydrogen) atoms. The molecule has 4 rings (SSSR count). The first-order valence-corrected chi connectivity index (χ1v) is 17.8. The second kappa shape index (κ2) is 13.8. The highest BCUT2D eigenvalue weighted by molar-refractivity contribution is 8.14. The van der Waals surface area contributed by atoms with E-state index in [9.17, 15) is 13.2 Å². The van der Waals surface area contributed by atoms with Crippen LogP contribution in [0.2, 0.25) is 19.6 Å². The maximum absolute atomic E-state index is 12.4. The monoisotopic (exact) mass is 620 g/mol. The summed E-state index contributed by atoms with van der Waals surface area (Å²) in [5, 5.41) is 9.52. The fourth-order valence-corrected chi connectivity index (χ4v) is 5.08. The number of para-hydroxylation sites is 1. The molecule has 0 fully saturated rings. The molecular formula is C31H31F3N6OSSi. The van der Waals surface area contributed by atoms with Crippen LogP contribution in [-0.4, -0.2) is 46.3 Å². The molecule has 3 aromatic carbocycles. The topological polar surface area (TPSA) is 76.7 Å². The number of halogens is 3. The molecule has 0 aliphatic heterocycles. The molecule has 0 aliphatic rings. The van der Waals surface area contributed by atoms with Gasteiger partial charge in [0.1, 0.15) is 20.2 Å². The summed E-state index contributed by atoms with van der Waals surface area (Å²) in [6, 6.07) is 19.0. The number of ether oxygens (including phenoxy) is 1. The number of aryl methyl sites for hydroxylation is 2. The second-order valence-corrected chi connectivity index (χ2v) is 16.3. The van der Waals surface area contributed by atoms with E-state index in [2.05, 4.69) is 56.5 Å². The van der Waals surface area contributed by atoms with Crippen LogP contribution in [0.25, 0.3) is 17.1 Å². The van der Waals surface area contributed by atoms with E-state index in [1.165, 1.54) is 47.0 Å². The van der Waals surface area contributed by atoms with E-state index >= 15 is 0 Å². The van der Waals surface area contributed by atoms with E-state index < -0.39 is 14.4 Å². The van der Waals surface area contributed by atoms with E-state index in [1.807, 2.05) is 56.3 Å². The van der Waals surface area contributed by atoms with Crippen molar-refractivity contribution in [3.8, 4) is 34.3 Å². The number of hydrogen-bond acceptors (Lipinski definition) is 6. The van der Waals surface area contributed by atoms with Gasteiger partial charge >= 0.3 is 6.36 Å². The number of hydrogen-bond donors (Lipinski definition) is 1. The lowest BCUT2D eigenvalue weighted by molar-refractivity contribution is -0.274. The van der Waals surface area contributed by atoms with Crippen LogP contribution < -0.4 is 10.2 Å². The Hall–Kier alpha value is -4.34. The molecule has 0 saturated heterocycles. The molecule has 0 radical (unpaired) electrons. The summed E-state index contributed by atoms with van der Waals surface area (Å²) in [5.41, 5.74) is 11.7. The maximum Gasteiger partial charge on any atom is 0.573 e. The summed E-state index contributed by atoms with van der Waals surface area (Å²) in [5.74, 6) is 4.04. The van der Waals surface area contributed by atoms with Gasteiger partial charge in [0, 0.05) is 5.56 Å². The Bertz CT molecular complexity index is 1650. The fraction of sp³-hybridized carbons (Fsp3) is 0.226. The van der Waals surface area contributed by atoms with E-state index in [0.717, 1.165) is 27.9 Å². The molecule has 0 aliphatic carbocycles. The van der Waals surface area contributed by atoms with Crippen molar-refractivity contribution in [3.05, 3.63) is 89.7 Å². The van der Waals surface area contributed by atoms with Crippen molar-refractivity contribution in [2.45, 2.75) is 39.9 Å². The third kappa shape index (κ3) is 9.87. The normalized spacial score (nSPS) is 12.2. The van der Waals surface area contributed by atoms with Crippen LogP contribution in [0, 0.1) is 25.3 Å². The lowest BCUT2D eigenvalue weighted by atomic mass is 10.1. The number of nitrogens with one attached hydrogen (secondary N) is 1. The number of thioether (sulfide) groups is 1. The first kappa shape index (κ1) is 31.6. The lowest BCUT2D eigenvalue weighted by Crippen LogP contribution is -2.17. The summed E-state index contributed by atoms with van der Waals surface area (Å²) in [6.07, 6.45) is -1.54. The number of aromatic nitrogens is 3. The zero-order valence-corrected chi connectivity index (χ0v) is 26.2. The molecular weight excluding hydrogens is 590 g/mol. The van der Waals surface area contributed by atoms with Gasteiger partial charge < -0.3 is 4.74 Å². The minimum atomic E-state index is -4.74. The summed E-state index contributed by atoms with van der Waals surface area (Å²) in [6.45, 7) is 10.7. The van der Waals surface area contributed by atoms with Crippen LogP contribution in [0.4, 0.5) is 18.9 Å². The molecule has 1 N–H and O–H groups in total. The summed E-state index contributed by atoms with van der Waals surface area (Å²) in [7, 11) is -1.46. The molecule has 222 valence electrons. The van der Waals surface area contributed by atoms with Crippen molar-refractivity contribution in [3.63, 3.8) is 0 Å². The van der Waals surface area contributed by atoms with Crippen LogP contribution in [-0.2, 0) is 0 Å². The average Bonchev–Trinajstić information content (AvgIpc) is 3.42. The molecule has 1 heterocycles. The number of alkyl halides is 3. The molecule has 7 nitrogen and oxygen atoms in total. The van der Waals surface area contributed by atoms with E-state index in [0.29, 0.717) is 22.4 Å². The highest BCUT2D eigenvalue weighted by atomic mass is 32.2. The zero-order chi connectivity index (χ0) is 31.0. The number of aliphatic imine (C=N–C) groups is 1. The molecule has 0 spiro atoms. The van der Waals surface area contributed by atoms with Gasteiger partial charge in [0.05, 0.1) is 23.3 Å². The van der Waals surface area contributed by atoms with Crippen molar-refractivity contribution in [1.29, 1.82) is 0 Å². The number of amidine groups is 1. The highest BCUT2D eigenvalue weighted by Crippen LogP contribution is 2.25. The van der Waals surface area contributed by atoms with Gasteiger partial charge in [-0.1, -0.05) is 79.8 Å². The molecule has 0 saturated carbocycles. The number of hydrazone groups is 1. The van der Waals surface area contributed by atoms with Gasteiger partial charge in [0.25, 0.3) is 0 Å². The van der Waals surface area contributed by atoms with Gasteiger partial charge in [-0.25, -0.2) is 14.7 Å². The zero-order valence-electron chi connectivity index (χ0n) is 24.4. The lowest BCUT2D eigenvalue weighted by Gasteiger charge is -2.09. The van der Waals surface area contributed by atoms with Crippen molar-refractivity contribution in [1.82, 2.24) is 20.2 Å². The van der Waals surface area contributed by atoms with Crippen LogP contribution in [0.15, 0.2) is 83.2 Å². The van der Waals surface area contributed by atoms with Crippen molar-refractivity contribution < 1.29 is 17.9 Å².